The normalized spacial score (nSPS) is 11.6. The molecule has 0 aliphatic heterocycles. The molecule has 21 heavy (non-hydrogen) atoms. The van der Waals surface area contributed by atoms with Crippen molar-refractivity contribution >= 4 is 43.0 Å². The van der Waals surface area contributed by atoms with E-state index >= 15 is 0 Å². The third-order valence-electron chi connectivity index (χ3n) is 2.59. The maximum atomic E-state index is 13.7. The van der Waals surface area contributed by atoms with E-state index in [9.17, 15) is 17.2 Å². The molecular weight excluding hydrogens is 386 g/mol. The molecule has 0 amide bonds. The zero-order valence-electron chi connectivity index (χ0n) is 10.8. The number of nitrogens with one attached hydrogen (secondary N) is 2. The molecule has 0 atom stereocenters. The van der Waals surface area contributed by atoms with Crippen molar-refractivity contribution in [1.82, 2.24) is 5.32 Å². The van der Waals surface area contributed by atoms with Crippen LogP contribution in [0.3, 0.4) is 0 Å². The van der Waals surface area contributed by atoms with Crippen molar-refractivity contribution in [2.45, 2.75) is 11.4 Å². The predicted octanol–water partition coefficient (Wildman–Crippen LogP) is 3.31. The first-order valence-electron chi connectivity index (χ1n) is 5.73. The van der Waals surface area contributed by atoms with E-state index < -0.39 is 21.7 Å². The first-order chi connectivity index (χ1) is 9.85. The van der Waals surface area contributed by atoms with Crippen LogP contribution in [0.2, 0.25) is 0 Å². The van der Waals surface area contributed by atoms with Crippen LogP contribution in [0.1, 0.15) is 4.88 Å². The van der Waals surface area contributed by atoms with Crippen molar-refractivity contribution in [3.8, 4) is 0 Å². The molecule has 1 aromatic carbocycles. The zero-order valence-corrected chi connectivity index (χ0v) is 14.0. The van der Waals surface area contributed by atoms with Crippen LogP contribution < -0.4 is 10.0 Å². The van der Waals surface area contributed by atoms with Crippen LogP contribution in [0.5, 0.6) is 0 Å². The van der Waals surface area contributed by atoms with E-state index in [0.717, 1.165) is 6.07 Å². The molecule has 0 bridgehead atoms. The van der Waals surface area contributed by atoms with E-state index in [1.807, 2.05) is 0 Å². The Labute approximate surface area is 133 Å². The van der Waals surface area contributed by atoms with Gasteiger partial charge in [-0.25, -0.2) is 17.2 Å². The third-order valence-corrected chi connectivity index (χ3v) is 5.69. The van der Waals surface area contributed by atoms with Gasteiger partial charge in [0.2, 0.25) is 0 Å². The molecule has 114 valence electrons. The van der Waals surface area contributed by atoms with Gasteiger partial charge < -0.3 is 5.32 Å². The van der Waals surface area contributed by atoms with Crippen molar-refractivity contribution < 1.29 is 17.2 Å². The van der Waals surface area contributed by atoms with Crippen molar-refractivity contribution in [3.05, 3.63) is 44.6 Å². The minimum Gasteiger partial charge on any atom is -0.315 e. The van der Waals surface area contributed by atoms with E-state index in [0.29, 0.717) is 17.5 Å². The van der Waals surface area contributed by atoms with E-state index in [1.54, 1.807) is 12.4 Å². The van der Waals surface area contributed by atoms with Gasteiger partial charge in [-0.15, -0.1) is 11.3 Å². The average Bonchev–Trinajstić information content (AvgIpc) is 2.85. The molecule has 1 aromatic heterocycles. The molecule has 2 aromatic rings. The summed E-state index contributed by atoms with van der Waals surface area (Å²) in [4.78, 5) is 0.674. The number of thiophene rings is 1. The Balaban J connectivity index is 2.38. The summed E-state index contributed by atoms with van der Waals surface area (Å²) in [5, 5.41) is 4.50. The smallest absolute Gasteiger partial charge is 0.263 e. The molecule has 0 spiro atoms. The van der Waals surface area contributed by atoms with E-state index in [2.05, 4.69) is 26.0 Å². The molecule has 2 N–H and O–H groups in total. The van der Waals surface area contributed by atoms with Crippen molar-refractivity contribution in [1.29, 1.82) is 0 Å². The number of sulfonamides is 1. The van der Waals surface area contributed by atoms with Gasteiger partial charge in [-0.3, -0.25) is 4.72 Å². The Morgan fingerprint density at radius 3 is 2.67 bits per heavy atom. The topological polar surface area (TPSA) is 58.2 Å². The second-order valence-electron chi connectivity index (χ2n) is 4.09. The molecule has 1 heterocycles. The second-order valence-corrected chi connectivity index (χ2v) is 7.60. The quantitative estimate of drug-likeness (QED) is 0.762. The fraction of sp³-hybridized carbons (Fsp3) is 0.167. The van der Waals surface area contributed by atoms with Crippen LogP contribution in [0, 0.1) is 11.6 Å². The largest absolute Gasteiger partial charge is 0.315 e. The van der Waals surface area contributed by atoms with Gasteiger partial charge in [0.25, 0.3) is 10.0 Å². The maximum absolute atomic E-state index is 13.7. The summed E-state index contributed by atoms with van der Waals surface area (Å²) in [7, 11) is -2.24. The number of hydrogen-bond acceptors (Lipinski definition) is 4. The monoisotopic (exact) mass is 396 g/mol. The summed E-state index contributed by atoms with van der Waals surface area (Å²) < 4.78 is 53.5. The number of hydrogen-bond donors (Lipinski definition) is 2. The average molecular weight is 397 g/mol. The standard InChI is InChI=1S/C12H11BrF2N2O2S2/c1-16-6-11-12(2-3-20-11)21(18,19)17-10-4-7(13)8(14)5-9(10)15/h2-5,16-17H,6H2,1H3. The van der Waals surface area contributed by atoms with Crippen molar-refractivity contribution in [3.63, 3.8) is 0 Å². The highest BCUT2D eigenvalue weighted by Gasteiger charge is 2.21. The number of benzene rings is 1. The van der Waals surface area contributed by atoms with Gasteiger partial charge >= 0.3 is 0 Å². The summed E-state index contributed by atoms with van der Waals surface area (Å²) >= 11 is 4.17. The van der Waals surface area contributed by atoms with Crippen LogP contribution in [0.15, 0.2) is 32.9 Å². The summed E-state index contributed by atoms with van der Waals surface area (Å²) in [5.41, 5.74) is -0.315. The Bertz CT molecular complexity index is 763. The van der Waals surface area contributed by atoms with Gasteiger partial charge in [0.15, 0.2) is 0 Å². The zero-order chi connectivity index (χ0) is 15.6. The first kappa shape index (κ1) is 16.3. The molecule has 0 fully saturated rings. The van der Waals surface area contributed by atoms with E-state index in [-0.39, 0.29) is 15.1 Å². The number of rotatable bonds is 5. The minimum atomic E-state index is -3.94. The molecule has 0 aliphatic carbocycles. The molecule has 0 unspecified atom stereocenters. The summed E-state index contributed by atoms with van der Waals surface area (Å²) in [6.45, 7) is 0.378. The van der Waals surface area contributed by atoms with Gasteiger partial charge in [-0.1, -0.05) is 0 Å². The molecule has 4 nitrogen and oxygen atoms in total. The highest BCUT2D eigenvalue weighted by atomic mass is 79.9. The Kier molecular flexibility index (Phi) is 4.97. The number of anilines is 1. The van der Waals surface area contributed by atoms with Crippen LogP contribution in [0.25, 0.3) is 0 Å². The maximum Gasteiger partial charge on any atom is 0.263 e. The van der Waals surface area contributed by atoms with Gasteiger partial charge in [0.05, 0.1) is 10.2 Å². The fourth-order valence-corrected chi connectivity index (χ4v) is 4.52. The molecule has 0 saturated carbocycles. The first-order valence-corrected chi connectivity index (χ1v) is 8.89. The van der Waals surface area contributed by atoms with Gasteiger partial charge in [-0.05, 0) is 40.5 Å². The van der Waals surface area contributed by atoms with Crippen LogP contribution in [-0.2, 0) is 16.6 Å². The van der Waals surface area contributed by atoms with E-state index in [1.165, 1.54) is 17.4 Å². The van der Waals surface area contributed by atoms with Crippen LogP contribution in [0.4, 0.5) is 14.5 Å². The molecular formula is C12H11BrF2N2O2S2. The lowest BCUT2D eigenvalue weighted by Crippen LogP contribution is -2.16. The van der Waals surface area contributed by atoms with Gasteiger partial charge in [0.1, 0.15) is 16.5 Å². The predicted molar refractivity (Wildman–Crippen MR) is 81.9 cm³/mol. The van der Waals surface area contributed by atoms with Crippen molar-refractivity contribution in [2.24, 2.45) is 0 Å². The molecule has 9 heteroatoms. The minimum absolute atomic E-state index is 0.0256. The summed E-state index contributed by atoms with van der Waals surface area (Å²) in [5.74, 6) is -1.79. The SMILES string of the molecule is CNCc1sccc1S(=O)(=O)Nc1cc(Br)c(F)cc1F. The number of halogens is 3. The molecule has 2 rings (SSSR count). The fourth-order valence-electron chi connectivity index (χ4n) is 1.66. The van der Waals surface area contributed by atoms with Crippen LogP contribution >= 0.6 is 27.3 Å². The van der Waals surface area contributed by atoms with Gasteiger partial charge in [0, 0.05) is 17.5 Å². The van der Waals surface area contributed by atoms with Gasteiger partial charge in [-0.2, -0.15) is 0 Å². The van der Waals surface area contributed by atoms with Crippen LogP contribution in [-0.4, -0.2) is 15.5 Å². The highest BCUT2D eigenvalue weighted by Crippen LogP contribution is 2.28. The lowest BCUT2D eigenvalue weighted by atomic mass is 10.3. The molecule has 0 saturated heterocycles. The Morgan fingerprint density at radius 1 is 1.29 bits per heavy atom. The highest BCUT2D eigenvalue weighted by molar-refractivity contribution is 9.10. The van der Waals surface area contributed by atoms with E-state index in [4.69, 9.17) is 0 Å². The Morgan fingerprint density at radius 2 is 2.00 bits per heavy atom. The second kappa shape index (κ2) is 6.39. The molecule has 0 radical (unpaired) electrons. The Hall–Kier alpha value is -1.03. The lowest BCUT2D eigenvalue weighted by molar-refractivity contribution is 0.579. The molecule has 0 aliphatic rings. The lowest BCUT2D eigenvalue weighted by Gasteiger charge is -2.10. The van der Waals surface area contributed by atoms with Crippen molar-refractivity contribution in [2.75, 3.05) is 11.8 Å². The third kappa shape index (κ3) is 3.60. The summed E-state index contributed by atoms with van der Waals surface area (Å²) in [6.07, 6.45) is 0. The summed E-state index contributed by atoms with van der Waals surface area (Å²) in [6, 6.07) is 3.10.